The smallest absolute Gasteiger partial charge is 0.173 e. The van der Waals surface area contributed by atoms with Crippen LogP contribution in [0, 0.1) is 11.3 Å². The third-order valence-electron chi connectivity index (χ3n) is 5.91. The molecule has 23 heavy (non-hydrogen) atoms. The highest BCUT2D eigenvalue weighted by atomic mass is 16.7. The molecule has 3 saturated heterocycles. The molecule has 3 heterocycles. The van der Waals surface area contributed by atoms with Crippen molar-refractivity contribution in [3.63, 3.8) is 0 Å². The fourth-order valence-electron chi connectivity index (χ4n) is 4.45. The quantitative estimate of drug-likeness (QED) is 0.852. The fraction of sp³-hybridized carbons (Fsp3) is 0.700. The van der Waals surface area contributed by atoms with Crippen LogP contribution in [0.25, 0.3) is 0 Å². The second-order valence-corrected chi connectivity index (χ2v) is 8.42. The number of fused-ring (bicyclic) bond motifs is 2. The van der Waals surface area contributed by atoms with Crippen molar-refractivity contribution in [2.24, 2.45) is 11.3 Å². The van der Waals surface area contributed by atoms with Crippen LogP contribution < -0.4 is 0 Å². The molecule has 0 radical (unpaired) electrons. The zero-order valence-electron chi connectivity index (χ0n) is 14.5. The lowest BCUT2D eigenvalue weighted by molar-refractivity contribution is -0.351. The van der Waals surface area contributed by atoms with Gasteiger partial charge in [0.15, 0.2) is 5.79 Å². The van der Waals surface area contributed by atoms with E-state index < -0.39 is 0 Å². The van der Waals surface area contributed by atoms with Crippen LogP contribution in [0.5, 0.6) is 0 Å². The molecule has 0 amide bonds. The lowest BCUT2D eigenvalue weighted by Crippen LogP contribution is -2.65. The predicted molar refractivity (Wildman–Crippen MR) is 91.3 cm³/mol. The predicted octanol–water partition coefficient (Wildman–Crippen LogP) is 3.48. The highest BCUT2D eigenvalue weighted by molar-refractivity contribution is 5.15. The Morgan fingerprint density at radius 1 is 1.09 bits per heavy atom. The molecular formula is C20H29NO2. The molecule has 2 atom stereocenters. The van der Waals surface area contributed by atoms with E-state index in [1.165, 1.54) is 18.4 Å². The topological polar surface area (TPSA) is 21.7 Å². The molecule has 1 spiro atoms. The minimum Gasteiger partial charge on any atom is -0.349 e. The molecule has 126 valence electrons. The van der Waals surface area contributed by atoms with Crippen molar-refractivity contribution in [3.8, 4) is 0 Å². The highest BCUT2D eigenvalue weighted by Gasteiger charge is 2.54. The molecular weight excluding hydrogens is 286 g/mol. The van der Waals surface area contributed by atoms with E-state index in [0.717, 1.165) is 39.1 Å². The van der Waals surface area contributed by atoms with E-state index in [-0.39, 0.29) is 11.2 Å². The normalized spacial score (nSPS) is 32.3. The number of hydrogen-bond donors (Lipinski definition) is 0. The van der Waals surface area contributed by atoms with Gasteiger partial charge in [0.05, 0.1) is 13.2 Å². The SMILES string of the molecule is CC1(C)COC2(C[C@H]3CC[C@@H]2CN3CCc2ccccc2)OC1. The largest absolute Gasteiger partial charge is 0.349 e. The highest BCUT2D eigenvalue weighted by Crippen LogP contribution is 2.48. The molecule has 0 aromatic heterocycles. The summed E-state index contributed by atoms with van der Waals surface area (Å²) in [5.41, 5.74) is 1.60. The number of benzene rings is 1. The molecule has 1 saturated carbocycles. The number of rotatable bonds is 3. The van der Waals surface area contributed by atoms with E-state index in [1.54, 1.807) is 0 Å². The van der Waals surface area contributed by atoms with Gasteiger partial charge in [-0.2, -0.15) is 0 Å². The minimum atomic E-state index is -0.276. The third kappa shape index (κ3) is 3.07. The Kier molecular flexibility index (Phi) is 3.99. The Hall–Kier alpha value is -0.900. The van der Waals surface area contributed by atoms with Crippen LogP contribution in [0.15, 0.2) is 30.3 Å². The molecule has 2 bridgehead atoms. The Morgan fingerprint density at radius 2 is 1.83 bits per heavy atom. The van der Waals surface area contributed by atoms with E-state index in [4.69, 9.17) is 9.47 Å². The lowest BCUT2D eigenvalue weighted by Gasteiger charge is -2.58. The van der Waals surface area contributed by atoms with E-state index in [1.807, 2.05) is 0 Å². The van der Waals surface area contributed by atoms with Crippen molar-refractivity contribution in [2.75, 3.05) is 26.3 Å². The Bertz CT molecular complexity index is 532. The summed E-state index contributed by atoms with van der Waals surface area (Å²) < 4.78 is 12.6. The molecule has 0 N–H and O–H groups in total. The summed E-state index contributed by atoms with van der Waals surface area (Å²) in [6.07, 6.45) is 4.76. The van der Waals surface area contributed by atoms with Gasteiger partial charge in [0.2, 0.25) is 0 Å². The maximum atomic E-state index is 6.32. The standard InChI is InChI=1S/C20H29NO2/c1-19(2)14-22-20(23-15-19)12-18-9-8-17(20)13-21(18)11-10-16-6-4-3-5-7-16/h3-7,17-18H,8-15H2,1-2H3/t17-,18-/m1/s1. The number of hydrogen-bond acceptors (Lipinski definition) is 3. The summed E-state index contributed by atoms with van der Waals surface area (Å²) >= 11 is 0. The Balaban J connectivity index is 1.38. The van der Waals surface area contributed by atoms with Crippen molar-refractivity contribution in [1.82, 2.24) is 4.90 Å². The van der Waals surface area contributed by atoms with Gasteiger partial charge in [-0.25, -0.2) is 0 Å². The van der Waals surface area contributed by atoms with Crippen molar-refractivity contribution in [3.05, 3.63) is 35.9 Å². The van der Waals surface area contributed by atoms with Crippen molar-refractivity contribution in [1.29, 1.82) is 0 Å². The van der Waals surface area contributed by atoms with Gasteiger partial charge in [-0.3, -0.25) is 4.90 Å². The molecule has 3 nitrogen and oxygen atoms in total. The van der Waals surface area contributed by atoms with Crippen LogP contribution in [0.1, 0.15) is 38.7 Å². The number of nitrogens with zero attached hydrogens (tertiary/aromatic N) is 1. The van der Waals surface area contributed by atoms with Gasteiger partial charge in [0.25, 0.3) is 0 Å². The van der Waals surface area contributed by atoms with Crippen LogP contribution >= 0.6 is 0 Å². The van der Waals surface area contributed by atoms with Crippen molar-refractivity contribution in [2.45, 2.75) is 51.4 Å². The van der Waals surface area contributed by atoms with Crippen LogP contribution in [-0.4, -0.2) is 43.0 Å². The van der Waals surface area contributed by atoms with Crippen LogP contribution in [-0.2, 0) is 15.9 Å². The third-order valence-corrected chi connectivity index (χ3v) is 5.91. The molecule has 1 aromatic carbocycles. The lowest BCUT2D eigenvalue weighted by atomic mass is 9.74. The summed E-state index contributed by atoms with van der Waals surface area (Å²) in [7, 11) is 0. The molecule has 5 rings (SSSR count). The van der Waals surface area contributed by atoms with Gasteiger partial charge in [0.1, 0.15) is 0 Å². The maximum Gasteiger partial charge on any atom is 0.173 e. The molecule has 0 unspecified atom stereocenters. The van der Waals surface area contributed by atoms with E-state index in [2.05, 4.69) is 49.1 Å². The summed E-state index contributed by atoms with van der Waals surface area (Å²) in [5.74, 6) is 0.265. The van der Waals surface area contributed by atoms with Crippen molar-refractivity contribution >= 4 is 0 Å². The van der Waals surface area contributed by atoms with Gasteiger partial charge >= 0.3 is 0 Å². The number of piperidine rings is 2. The summed E-state index contributed by atoms with van der Waals surface area (Å²) in [5, 5.41) is 0. The molecule has 1 aliphatic carbocycles. The monoisotopic (exact) mass is 315 g/mol. The average molecular weight is 315 g/mol. The fourth-order valence-corrected chi connectivity index (χ4v) is 4.45. The van der Waals surface area contributed by atoms with Gasteiger partial charge in [-0.05, 0) is 24.8 Å². The first-order valence-corrected chi connectivity index (χ1v) is 9.12. The summed E-state index contributed by atoms with van der Waals surface area (Å²) in [6, 6.07) is 11.5. The van der Waals surface area contributed by atoms with Gasteiger partial charge < -0.3 is 9.47 Å². The van der Waals surface area contributed by atoms with E-state index in [9.17, 15) is 0 Å². The van der Waals surface area contributed by atoms with Gasteiger partial charge in [-0.1, -0.05) is 44.2 Å². The second-order valence-electron chi connectivity index (χ2n) is 8.42. The van der Waals surface area contributed by atoms with E-state index in [0.29, 0.717) is 12.0 Å². The van der Waals surface area contributed by atoms with Gasteiger partial charge in [0, 0.05) is 36.9 Å². The Morgan fingerprint density at radius 3 is 2.48 bits per heavy atom. The first kappa shape index (κ1) is 15.6. The second kappa shape index (κ2) is 5.87. The molecule has 3 aliphatic heterocycles. The maximum absolute atomic E-state index is 6.32. The minimum absolute atomic E-state index is 0.162. The first-order chi connectivity index (χ1) is 11.1. The molecule has 3 heteroatoms. The number of ether oxygens (including phenoxy) is 2. The summed E-state index contributed by atoms with van der Waals surface area (Å²) in [4.78, 5) is 2.68. The molecule has 1 aromatic rings. The van der Waals surface area contributed by atoms with Crippen molar-refractivity contribution < 1.29 is 9.47 Å². The first-order valence-electron chi connectivity index (χ1n) is 9.12. The zero-order chi connectivity index (χ0) is 15.9. The van der Waals surface area contributed by atoms with Gasteiger partial charge in [-0.15, -0.1) is 0 Å². The van der Waals surface area contributed by atoms with Crippen LogP contribution in [0.3, 0.4) is 0 Å². The average Bonchev–Trinajstić information content (AvgIpc) is 2.58. The molecule has 4 aliphatic rings. The van der Waals surface area contributed by atoms with Crippen LogP contribution in [0.4, 0.5) is 0 Å². The van der Waals surface area contributed by atoms with Crippen LogP contribution in [0.2, 0.25) is 0 Å². The summed E-state index contributed by atoms with van der Waals surface area (Å²) in [6.45, 7) is 8.42. The Labute approximate surface area is 140 Å². The van der Waals surface area contributed by atoms with E-state index >= 15 is 0 Å². The zero-order valence-corrected chi connectivity index (χ0v) is 14.5. The molecule has 4 fully saturated rings.